The van der Waals surface area contributed by atoms with E-state index in [1.807, 2.05) is 5.38 Å². The van der Waals surface area contributed by atoms with E-state index in [0.29, 0.717) is 24.2 Å². The van der Waals surface area contributed by atoms with E-state index in [4.69, 9.17) is 4.74 Å². The molecule has 29 heavy (non-hydrogen) atoms. The van der Waals surface area contributed by atoms with Crippen LogP contribution in [-0.2, 0) is 9.53 Å². The van der Waals surface area contributed by atoms with Crippen LogP contribution in [0.5, 0.6) is 0 Å². The summed E-state index contributed by atoms with van der Waals surface area (Å²) in [5.74, 6) is 0.416. The molecule has 2 atom stereocenters. The third-order valence-corrected chi connectivity index (χ3v) is 6.21. The first-order valence-corrected chi connectivity index (χ1v) is 11.2. The molecule has 1 aromatic carbocycles. The minimum absolute atomic E-state index is 0.273. The van der Waals surface area contributed by atoms with Gasteiger partial charge in [-0.15, -0.1) is 11.3 Å². The van der Waals surface area contributed by atoms with Gasteiger partial charge in [0, 0.05) is 24.6 Å². The Hall–Kier alpha value is -1.96. The van der Waals surface area contributed by atoms with E-state index in [1.165, 1.54) is 49.0 Å². The molecule has 3 N–H and O–H groups in total. The average Bonchev–Trinajstić information content (AvgIpc) is 3.21. The van der Waals surface area contributed by atoms with Gasteiger partial charge in [0.1, 0.15) is 6.04 Å². The lowest BCUT2D eigenvalue weighted by atomic mass is 9.84. The van der Waals surface area contributed by atoms with Crippen LogP contribution in [0, 0.1) is 0 Å². The number of carbonyl (C=O) groups is 1. The number of ether oxygens (including phenoxy) is 1. The summed E-state index contributed by atoms with van der Waals surface area (Å²) in [7, 11) is 1.58. The van der Waals surface area contributed by atoms with Gasteiger partial charge in [0.15, 0.2) is 5.13 Å². The Kier molecular flexibility index (Phi) is 8.03. The molecule has 2 aromatic rings. The number of hydrogen-bond donors (Lipinski definition) is 3. The fourth-order valence-corrected chi connectivity index (χ4v) is 4.52. The third-order valence-electron chi connectivity index (χ3n) is 5.44. The molecule has 0 radical (unpaired) electrons. The minimum atomic E-state index is -0.848. The number of anilines is 1. The molecule has 0 bridgehead atoms. The molecule has 0 aliphatic heterocycles. The van der Waals surface area contributed by atoms with Gasteiger partial charge in [-0.3, -0.25) is 4.79 Å². The van der Waals surface area contributed by atoms with Crippen LogP contribution in [0.25, 0.3) is 11.3 Å². The monoisotopic (exact) mass is 417 g/mol. The first-order valence-electron chi connectivity index (χ1n) is 10.4. The Labute approximate surface area is 176 Å². The zero-order chi connectivity index (χ0) is 20.6. The van der Waals surface area contributed by atoms with E-state index in [-0.39, 0.29) is 5.91 Å². The van der Waals surface area contributed by atoms with E-state index in [0.717, 1.165) is 11.3 Å². The number of methoxy groups -OCH3 is 1. The molecule has 0 spiro atoms. The SMILES string of the molecule is COCCNC(=O)[C@@H](Nc1nc(-c2ccc(C3CCCCC3)cc2)cs1)[C@@H](C)O. The predicted molar refractivity (Wildman–Crippen MR) is 117 cm³/mol. The molecule has 1 aliphatic rings. The molecule has 0 saturated heterocycles. The second-order valence-electron chi connectivity index (χ2n) is 7.64. The van der Waals surface area contributed by atoms with Crippen molar-refractivity contribution < 1.29 is 14.6 Å². The summed E-state index contributed by atoms with van der Waals surface area (Å²) < 4.78 is 4.94. The van der Waals surface area contributed by atoms with Crippen molar-refractivity contribution in [3.63, 3.8) is 0 Å². The fourth-order valence-electron chi connectivity index (χ4n) is 3.76. The highest BCUT2D eigenvalue weighted by Gasteiger charge is 2.24. The number of aromatic nitrogens is 1. The zero-order valence-corrected chi connectivity index (χ0v) is 18.0. The highest BCUT2D eigenvalue weighted by Crippen LogP contribution is 2.34. The van der Waals surface area contributed by atoms with Gasteiger partial charge in [0.25, 0.3) is 0 Å². The molecule has 1 fully saturated rings. The summed E-state index contributed by atoms with van der Waals surface area (Å²) >= 11 is 1.43. The summed E-state index contributed by atoms with van der Waals surface area (Å²) in [5, 5.41) is 18.4. The number of rotatable bonds is 9. The normalized spacial score (nSPS) is 16.9. The predicted octanol–water partition coefficient (Wildman–Crippen LogP) is 3.78. The number of thiazole rings is 1. The van der Waals surface area contributed by atoms with Crippen molar-refractivity contribution in [1.82, 2.24) is 10.3 Å². The quantitative estimate of drug-likeness (QED) is 0.541. The van der Waals surface area contributed by atoms with Gasteiger partial charge in [-0.05, 0) is 31.2 Å². The summed E-state index contributed by atoms with van der Waals surface area (Å²) in [6, 6.07) is 7.94. The van der Waals surface area contributed by atoms with Crippen molar-refractivity contribution in [3.8, 4) is 11.3 Å². The van der Waals surface area contributed by atoms with E-state index >= 15 is 0 Å². The molecule has 3 rings (SSSR count). The molecular formula is C22H31N3O3S. The number of hydrogen-bond acceptors (Lipinski definition) is 6. The van der Waals surface area contributed by atoms with Crippen molar-refractivity contribution >= 4 is 22.4 Å². The van der Waals surface area contributed by atoms with Crippen LogP contribution < -0.4 is 10.6 Å². The minimum Gasteiger partial charge on any atom is -0.391 e. The third kappa shape index (κ3) is 6.01. The van der Waals surface area contributed by atoms with E-state index < -0.39 is 12.1 Å². The van der Waals surface area contributed by atoms with E-state index in [9.17, 15) is 9.90 Å². The molecule has 158 valence electrons. The zero-order valence-electron chi connectivity index (χ0n) is 17.2. The topological polar surface area (TPSA) is 83.5 Å². The number of benzene rings is 1. The molecule has 1 saturated carbocycles. The molecule has 1 aliphatic carbocycles. The maximum absolute atomic E-state index is 12.3. The lowest BCUT2D eigenvalue weighted by Gasteiger charge is -2.22. The number of carbonyl (C=O) groups excluding carboxylic acids is 1. The van der Waals surface area contributed by atoms with Crippen LogP contribution in [0.4, 0.5) is 5.13 Å². The summed E-state index contributed by atoms with van der Waals surface area (Å²) in [6.45, 7) is 2.42. The Bertz CT molecular complexity index is 770. The van der Waals surface area contributed by atoms with Gasteiger partial charge < -0.3 is 20.5 Å². The summed E-state index contributed by atoms with van der Waals surface area (Å²) in [6.07, 6.45) is 5.75. The smallest absolute Gasteiger partial charge is 0.245 e. The second-order valence-corrected chi connectivity index (χ2v) is 8.50. The molecule has 7 heteroatoms. The van der Waals surface area contributed by atoms with Gasteiger partial charge in [-0.25, -0.2) is 4.98 Å². The first kappa shape index (κ1) is 21.7. The van der Waals surface area contributed by atoms with E-state index in [1.54, 1.807) is 14.0 Å². The fraction of sp³-hybridized carbons (Fsp3) is 0.545. The van der Waals surface area contributed by atoms with Crippen molar-refractivity contribution in [3.05, 3.63) is 35.2 Å². The molecule has 0 unspecified atom stereocenters. The second kappa shape index (κ2) is 10.7. The number of amides is 1. The Balaban J connectivity index is 1.63. The highest BCUT2D eigenvalue weighted by molar-refractivity contribution is 7.14. The molecular weight excluding hydrogens is 386 g/mol. The van der Waals surface area contributed by atoms with Crippen LogP contribution >= 0.6 is 11.3 Å². The van der Waals surface area contributed by atoms with Gasteiger partial charge >= 0.3 is 0 Å². The maximum atomic E-state index is 12.3. The average molecular weight is 418 g/mol. The molecule has 1 heterocycles. The van der Waals surface area contributed by atoms with Crippen molar-refractivity contribution in [2.45, 2.75) is 57.1 Å². The van der Waals surface area contributed by atoms with Crippen LogP contribution in [0.2, 0.25) is 0 Å². The molecule has 6 nitrogen and oxygen atoms in total. The Morgan fingerprint density at radius 2 is 2.00 bits per heavy atom. The largest absolute Gasteiger partial charge is 0.391 e. The Morgan fingerprint density at radius 3 is 2.66 bits per heavy atom. The van der Waals surface area contributed by atoms with Gasteiger partial charge in [0.2, 0.25) is 5.91 Å². The van der Waals surface area contributed by atoms with E-state index in [2.05, 4.69) is 39.9 Å². The first-order chi connectivity index (χ1) is 14.1. The molecule has 1 amide bonds. The van der Waals surface area contributed by atoms with Gasteiger partial charge in [-0.2, -0.15) is 0 Å². The number of nitrogens with one attached hydrogen (secondary N) is 2. The van der Waals surface area contributed by atoms with Crippen LogP contribution in [-0.4, -0.2) is 48.4 Å². The molecule has 1 aromatic heterocycles. The van der Waals surface area contributed by atoms with Gasteiger partial charge in [0.05, 0.1) is 18.4 Å². The van der Waals surface area contributed by atoms with Crippen LogP contribution in [0.1, 0.15) is 50.5 Å². The lowest BCUT2D eigenvalue weighted by molar-refractivity contribution is -0.123. The lowest BCUT2D eigenvalue weighted by Crippen LogP contribution is -2.46. The maximum Gasteiger partial charge on any atom is 0.245 e. The summed E-state index contributed by atoms with van der Waals surface area (Å²) in [4.78, 5) is 16.9. The van der Waals surface area contributed by atoms with Crippen LogP contribution in [0.3, 0.4) is 0 Å². The summed E-state index contributed by atoms with van der Waals surface area (Å²) in [5.41, 5.74) is 3.35. The van der Waals surface area contributed by atoms with Crippen LogP contribution in [0.15, 0.2) is 29.6 Å². The number of nitrogens with zero attached hydrogens (tertiary/aromatic N) is 1. The van der Waals surface area contributed by atoms with Gasteiger partial charge in [-0.1, -0.05) is 43.5 Å². The highest BCUT2D eigenvalue weighted by atomic mass is 32.1. The number of aliphatic hydroxyl groups excluding tert-OH is 1. The van der Waals surface area contributed by atoms with Crippen molar-refractivity contribution in [2.24, 2.45) is 0 Å². The Morgan fingerprint density at radius 1 is 1.28 bits per heavy atom. The van der Waals surface area contributed by atoms with Crippen molar-refractivity contribution in [2.75, 3.05) is 25.6 Å². The van der Waals surface area contributed by atoms with Crippen molar-refractivity contribution in [1.29, 1.82) is 0 Å². The number of aliphatic hydroxyl groups is 1. The standard InChI is InChI=1S/C22H31N3O3S/c1-15(26)20(21(27)23-12-13-28-2)25-22-24-19(14-29-22)18-10-8-17(9-11-18)16-6-4-3-5-7-16/h8-11,14-16,20,26H,3-7,12-13H2,1-2H3,(H,23,27)(H,24,25)/t15-,20+/m1/s1.